The molecule has 0 aromatic carbocycles. The van der Waals surface area contributed by atoms with Crippen LogP contribution in [0, 0.1) is 17.8 Å². The molecule has 2 bridgehead atoms. The normalized spacial score (nSPS) is 33.2. The molecule has 0 spiro atoms. The molecule has 1 nitrogen and oxygen atoms in total. The Bertz CT molecular complexity index is 304. The van der Waals surface area contributed by atoms with Crippen LogP contribution in [0.25, 0.3) is 0 Å². The molecule has 0 aromatic heterocycles. The lowest BCUT2D eigenvalue weighted by Gasteiger charge is -2.41. The van der Waals surface area contributed by atoms with Crippen molar-refractivity contribution in [3.05, 3.63) is 0 Å². The van der Waals surface area contributed by atoms with Crippen molar-refractivity contribution in [2.75, 3.05) is 0 Å². The maximum Gasteiger partial charge on any atom is 0.279 e. The van der Waals surface area contributed by atoms with E-state index in [1.165, 1.54) is 0 Å². The van der Waals surface area contributed by atoms with Gasteiger partial charge in [-0.15, -0.1) is 0 Å². The second-order valence-electron chi connectivity index (χ2n) is 6.28. The second kappa shape index (κ2) is 4.09. The Morgan fingerprint density at radius 1 is 1.00 bits per heavy atom. The molecule has 3 unspecified atom stereocenters. The SMILES string of the molecule is CC(F)(F)C(O)(CC1CC2CCC1C2)C(C)(F)F. The van der Waals surface area contributed by atoms with Gasteiger partial charge in [0.15, 0.2) is 5.60 Å². The number of fused-ring (bicyclic) bond motifs is 2. The van der Waals surface area contributed by atoms with Gasteiger partial charge < -0.3 is 5.11 Å². The molecule has 18 heavy (non-hydrogen) atoms. The standard InChI is InChI=1S/C13H20F4O/c1-11(14,15)13(18,12(2,16)17)7-10-6-8-3-4-9(10)5-8/h8-10,18H,3-7H2,1-2H3. The third-order valence-electron chi connectivity index (χ3n) is 4.89. The minimum atomic E-state index is -3.80. The van der Waals surface area contributed by atoms with E-state index in [1.807, 2.05) is 0 Å². The van der Waals surface area contributed by atoms with Crippen LogP contribution in [0.5, 0.6) is 0 Å². The summed E-state index contributed by atoms with van der Waals surface area (Å²) in [7, 11) is 0. The van der Waals surface area contributed by atoms with Crippen molar-refractivity contribution in [3.63, 3.8) is 0 Å². The minimum absolute atomic E-state index is 0.189. The molecule has 3 atom stereocenters. The Morgan fingerprint density at radius 3 is 1.89 bits per heavy atom. The van der Waals surface area contributed by atoms with Gasteiger partial charge in [0.1, 0.15) is 0 Å². The summed E-state index contributed by atoms with van der Waals surface area (Å²) in [6.45, 7) is 0.773. The number of aliphatic hydroxyl groups is 1. The van der Waals surface area contributed by atoms with E-state index in [2.05, 4.69) is 0 Å². The molecule has 0 heterocycles. The lowest BCUT2D eigenvalue weighted by molar-refractivity contribution is -0.278. The fourth-order valence-corrected chi connectivity index (χ4v) is 3.75. The first kappa shape index (κ1) is 14.1. The molecule has 2 fully saturated rings. The summed E-state index contributed by atoms with van der Waals surface area (Å²) in [4.78, 5) is 0. The van der Waals surface area contributed by atoms with Gasteiger partial charge in [0, 0.05) is 13.8 Å². The quantitative estimate of drug-likeness (QED) is 0.768. The Labute approximate surface area is 105 Å². The average molecular weight is 268 g/mol. The Kier molecular flexibility index (Phi) is 3.20. The molecular weight excluding hydrogens is 248 g/mol. The number of rotatable bonds is 4. The van der Waals surface area contributed by atoms with Gasteiger partial charge in [-0.1, -0.05) is 6.42 Å². The molecular formula is C13H20F4O. The van der Waals surface area contributed by atoms with Crippen LogP contribution >= 0.6 is 0 Å². The fourth-order valence-electron chi connectivity index (χ4n) is 3.75. The zero-order valence-corrected chi connectivity index (χ0v) is 10.7. The van der Waals surface area contributed by atoms with Gasteiger partial charge in [-0.2, -0.15) is 0 Å². The largest absolute Gasteiger partial charge is 0.378 e. The lowest BCUT2D eigenvalue weighted by atomic mass is 9.75. The van der Waals surface area contributed by atoms with Crippen molar-refractivity contribution < 1.29 is 22.7 Å². The molecule has 2 aliphatic carbocycles. The van der Waals surface area contributed by atoms with E-state index in [0.29, 0.717) is 26.2 Å². The van der Waals surface area contributed by atoms with Gasteiger partial charge >= 0.3 is 0 Å². The van der Waals surface area contributed by atoms with Crippen molar-refractivity contribution >= 4 is 0 Å². The molecule has 0 saturated heterocycles. The van der Waals surface area contributed by atoms with Crippen LogP contribution in [0.4, 0.5) is 17.6 Å². The highest BCUT2D eigenvalue weighted by atomic mass is 19.3. The van der Waals surface area contributed by atoms with Gasteiger partial charge in [-0.25, -0.2) is 17.6 Å². The van der Waals surface area contributed by atoms with Crippen molar-refractivity contribution in [2.45, 2.75) is 63.4 Å². The zero-order valence-electron chi connectivity index (χ0n) is 10.7. The topological polar surface area (TPSA) is 20.2 Å². The van der Waals surface area contributed by atoms with E-state index >= 15 is 0 Å². The van der Waals surface area contributed by atoms with Crippen LogP contribution < -0.4 is 0 Å². The Hall–Kier alpha value is -0.320. The van der Waals surface area contributed by atoms with Crippen LogP contribution in [0.3, 0.4) is 0 Å². The maximum atomic E-state index is 13.4. The summed E-state index contributed by atoms with van der Waals surface area (Å²) in [5.74, 6) is -7.06. The molecule has 2 rings (SSSR count). The minimum Gasteiger partial charge on any atom is -0.378 e. The third-order valence-corrected chi connectivity index (χ3v) is 4.89. The van der Waals surface area contributed by atoms with E-state index in [0.717, 1.165) is 19.3 Å². The highest BCUT2D eigenvalue weighted by molar-refractivity contribution is 5.03. The Morgan fingerprint density at radius 2 is 1.56 bits per heavy atom. The number of halogens is 4. The van der Waals surface area contributed by atoms with Crippen LogP contribution in [0.15, 0.2) is 0 Å². The van der Waals surface area contributed by atoms with Crippen LogP contribution in [0.1, 0.15) is 46.0 Å². The van der Waals surface area contributed by atoms with Crippen molar-refractivity contribution in [3.8, 4) is 0 Å². The summed E-state index contributed by atoms with van der Waals surface area (Å²) >= 11 is 0. The Balaban J connectivity index is 2.17. The summed E-state index contributed by atoms with van der Waals surface area (Å²) in [5, 5.41) is 9.87. The number of alkyl halides is 4. The monoisotopic (exact) mass is 268 g/mol. The first-order valence-electron chi connectivity index (χ1n) is 6.52. The van der Waals surface area contributed by atoms with Gasteiger partial charge in [-0.3, -0.25) is 0 Å². The van der Waals surface area contributed by atoms with E-state index in [9.17, 15) is 22.7 Å². The summed E-state index contributed by atoms with van der Waals surface area (Å²) < 4.78 is 53.7. The molecule has 0 amide bonds. The predicted molar refractivity (Wildman–Crippen MR) is 59.7 cm³/mol. The highest BCUT2D eigenvalue weighted by Crippen LogP contribution is 2.54. The molecule has 2 aliphatic rings. The van der Waals surface area contributed by atoms with Crippen molar-refractivity contribution in [2.24, 2.45) is 17.8 Å². The molecule has 5 heteroatoms. The first-order chi connectivity index (χ1) is 8.04. The number of hydrogen-bond acceptors (Lipinski definition) is 1. The lowest BCUT2D eigenvalue weighted by Crippen LogP contribution is -2.59. The predicted octanol–water partition coefficient (Wildman–Crippen LogP) is 3.85. The zero-order chi connectivity index (χ0) is 13.8. The van der Waals surface area contributed by atoms with Crippen LogP contribution in [0.2, 0.25) is 0 Å². The number of hydrogen-bond donors (Lipinski definition) is 1. The molecule has 0 radical (unpaired) electrons. The molecule has 0 aliphatic heterocycles. The summed E-state index contributed by atoms with van der Waals surface area (Å²) in [5.41, 5.74) is -3.23. The maximum absolute atomic E-state index is 13.4. The smallest absolute Gasteiger partial charge is 0.279 e. The summed E-state index contributed by atoms with van der Waals surface area (Å²) in [6, 6.07) is 0. The van der Waals surface area contributed by atoms with Crippen molar-refractivity contribution in [1.29, 1.82) is 0 Å². The van der Waals surface area contributed by atoms with Crippen LogP contribution in [-0.4, -0.2) is 22.6 Å². The third kappa shape index (κ3) is 2.15. The van der Waals surface area contributed by atoms with Gasteiger partial charge in [0.25, 0.3) is 11.8 Å². The first-order valence-corrected chi connectivity index (χ1v) is 6.52. The van der Waals surface area contributed by atoms with Crippen LogP contribution in [-0.2, 0) is 0 Å². The van der Waals surface area contributed by atoms with Gasteiger partial charge in [0.05, 0.1) is 0 Å². The molecule has 0 aromatic rings. The van der Waals surface area contributed by atoms with E-state index < -0.39 is 23.9 Å². The van der Waals surface area contributed by atoms with Gasteiger partial charge in [0.2, 0.25) is 0 Å². The highest BCUT2D eigenvalue weighted by Gasteiger charge is 2.64. The molecule has 106 valence electrons. The molecule has 1 N–H and O–H groups in total. The van der Waals surface area contributed by atoms with Crippen molar-refractivity contribution in [1.82, 2.24) is 0 Å². The van der Waals surface area contributed by atoms with Gasteiger partial charge in [-0.05, 0) is 43.4 Å². The molecule has 2 saturated carbocycles. The summed E-state index contributed by atoms with van der Waals surface area (Å²) in [6.07, 6.45) is 3.16. The second-order valence-corrected chi connectivity index (χ2v) is 6.28. The van der Waals surface area contributed by atoms with E-state index in [-0.39, 0.29) is 11.8 Å². The van der Waals surface area contributed by atoms with E-state index in [1.54, 1.807) is 0 Å². The fraction of sp³-hybridized carbons (Fsp3) is 1.00. The average Bonchev–Trinajstić information content (AvgIpc) is 2.75. The van der Waals surface area contributed by atoms with E-state index in [4.69, 9.17) is 0 Å².